The van der Waals surface area contributed by atoms with E-state index in [-0.39, 0.29) is 0 Å². The summed E-state index contributed by atoms with van der Waals surface area (Å²) in [6.07, 6.45) is 2.44. The Morgan fingerprint density at radius 3 is 2.59 bits per heavy atom. The summed E-state index contributed by atoms with van der Waals surface area (Å²) in [5.74, 6) is 0. The molecule has 1 saturated heterocycles. The summed E-state index contributed by atoms with van der Waals surface area (Å²) < 4.78 is 0. The normalized spacial score (nSPS) is 21.0. The van der Waals surface area contributed by atoms with Gasteiger partial charge in [0, 0.05) is 30.9 Å². The lowest BCUT2D eigenvalue weighted by Crippen LogP contribution is -2.47. The summed E-state index contributed by atoms with van der Waals surface area (Å²) in [7, 11) is 0. The van der Waals surface area contributed by atoms with Crippen LogP contribution in [0.5, 0.6) is 0 Å². The zero-order chi connectivity index (χ0) is 12.5. The minimum absolute atomic E-state index is 0.536. The number of likely N-dealkylation sites (tertiary alicyclic amines) is 1. The molecule has 0 aromatic carbocycles. The molecule has 0 amide bonds. The van der Waals surface area contributed by atoms with Crippen LogP contribution in [0.2, 0.25) is 0 Å². The van der Waals surface area contributed by atoms with Crippen LogP contribution in [-0.4, -0.2) is 39.7 Å². The SMILES string of the molecule is Cc1nc(CC2(O)CCN(C(C)C)CC2)cs1. The van der Waals surface area contributed by atoms with Gasteiger partial charge in [0.25, 0.3) is 0 Å². The molecule has 1 aliphatic rings. The molecule has 1 aromatic rings. The van der Waals surface area contributed by atoms with E-state index < -0.39 is 5.60 Å². The Labute approximate surface area is 107 Å². The van der Waals surface area contributed by atoms with Crippen molar-refractivity contribution in [3.8, 4) is 0 Å². The maximum atomic E-state index is 10.6. The molecule has 1 N–H and O–H groups in total. The lowest BCUT2D eigenvalue weighted by atomic mass is 9.87. The molecule has 0 atom stereocenters. The highest BCUT2D eigenvalue weighted by atomic mass is 32.1. The highest BCUT2D eigenvalue weighted by molar-refractivity contribution is 7.09. The Morgan fingerprint density at radius 2 is 2.12 bits per heavy atom. The minimum Gasteiger partial charge on any atom is -0.389 e. The molecule has 3 nitrogen and oxygen atoms in total. The molecule has 0 unspecified atom stereocenters. The number of nitrogens with zero attached hydrogens (tertiary/aromatic N) is 2. The van der Waals surface area contributed by atoms with Crippen molar-refractivity contribution in [2.24, 2.45) is 0 Å². The van der Waals surface area contributed by atoms with E-state index in [9.17, 15) is 5.11 Å². The molecular formula is C13H22N2OS. The number of aromatic nitrogens is 1. The predicted octanol–water partition coefficient (Wildman–Crippen LogP) is 2.23. The summed E-state index contributed by atoms with van der Waals surface area (Å²) >= 11 is 1.66. The maximum Gasteiger partial charge on any atom is 0.0897 e. The van der Waals surface area contributed by atoms with Gasteiger partial charge in [-0.15, -0.1) is 11.3 Å². The third kappa shape index (κ3) is 3.27. The van der Waals surface area contributed by atoms with Crippen molar-refractivity contribution < 1.29 is 5.11 Å². The number of hydrogen-bond donors (Lipinski definition) is 1. The molecule has 96 valence electrons. The first-order valence-electron chi connectivity index (χ1n) is 6.36. The molecule has 2 rings (SSSR count). The van der Waals surface area contributed by atoms with E-state index in [0.29, 0.717) is 12.5 Å². The van der Waals surface area contributed by atoms with Gasteiger partial charge in [0.1, 0.15) is 0 Å². The lowest BCUT2D eigenvalue weighted by molar-refractivity contribution is -0.0276. The molecule has 2 heterocycles. The van der Waals surface area contributed by atoms with Crippen molar-refractivity contribution in [1.29, 1.82) is 0 Å². The smallest absolute Gasteiger partial charge is 0.0897 e. The van der Waals surface area contributed by atoms with Gasteiger partial charge < -0.3 is 10.0 Å². The highest BCUT2D eigenvalue weighted by Gasteiger charge is 2.33. The quantitative estimate of drug-likeness (QED) is 0.898. The minimum atomic E-state index is -0.536. The summed E-state index contributed by atoms with van der Waals surface area (Å²) in [5, 5.41) is 13.7. The summed E-state index contributed by atoms with van der Waals surface area (Å²) in [4.78, 5) is 6.88. The van der Waals surface area contributed by atoms with Gasteiger partial charge in [-0.3, -0.25) is 0 Å². The maximum absolute atomic E-state index is 10.6. The monoisotopic (exact) mass is 254 g/mol. The average molecular weight is 254 g/mol. The van der Waals surface area contributed by atoms with Crippen molar-refractivity contribution in [2.45, 2.75) is 51.7 Å². The fourth-order valence-electron chi connectivity index (χ4n) is 2.46. The molecular weight excluding hydrogens is 232 g/mol. The van der Waals surface area contributed by atoms with Crippen molar-refractivity contribution in [3.63, 3.8) is 0 Å². The van der Waals surface area contributed by atoms with E-state index in [4.69, 9.17) is 0 Å². The van der Waals surface area contributed by atoms with Gasteiger partial charge in [-0.1, -0.05) is 0 Å². The van der Waals surface area contributed by atoms with Gasteiger partial charge >= 0.3 is 0 Å². The van der Waals surface area contributed by atoms with Crippen molar-refractivity contribution >= 4 is 11.3 Å². The number of rotatable bonds is 3. The number of aryl methyl sites for hydroxylation is 1. The third-order valence-corrected chi connectivity index (χ3v) is 4.46. The van der Waals surface area contributed by atoms with Gasteiger partial charge in [0.2, 0.25) is 0 Å². The van der Waals surface area contributed by atoms with Gasteiger partial charge in [0.15, 0.2) is 0 Å². The van der Waals surface area contributed by atoms with Crippen LogP contribution in [0.3, 0.4) is 0 Å². The number of aliphatic hydroxyl groups is 1. The highest BCUT2D eigenvalue weighted by Crippen LogP contribution is 2.27. The van der Waals surface area contributed by atoms with Crippen LogP contribution in [0.15, 0.2) is 5.38 Å². The van der Waals surface area contributed by atoms with Gasteiger partial charge in [-0.2, -0.15) is 0 Å². The Kier molecular flexibility index (Phi) is 3.85. The first-order chi connectivity index (χ1) is 7.98. The first kappa shape index (κ1) is 13.0. The number of hydrogen-bond acceptors (Lipinski definition) is 4. The average Bonchev–Trinajstić information content (AvgIpc) is 2.63. The van der Waals surface area contributed by atoms with E-state index in [1.54, 1.807) is 11.3 Å². The van der Waals surface area contributed by atoms with E-state index >= 15 is 0 Å². The van der Waals surface area contributed by atoms with Crippen LogP contribution >= 0.6 is 11.3 Å². The van der Waals surface area contributed by atoms with E-state index in [1.165, 1.54) is 0 Å². The summed E-state index contributed by atoms with van der Waals surface area (Å²) in [6, 6.07) is 0.584. The molecule has 1 aliphatic heterocycles. The van der Waals surface area contributed by atoms with E-state index in [1.807, 2.05) is 6.92 Å². The molecule has 1 aromatic heterocycles. The predicted molar refractivity (Wildman–Crippen MR) is 71.4 cm³/mol. The molecule has 17 heavy (non-hydrogen) atoms. The van der Waals surface area contributed by atoms with Crippen molar-refractivity contribution in [3.05, 3.63) is 16.1 Å². The van der Waals surface area contributed by atoms with Crippen LogP contribution in [0.4, 0.5) is 0 Å². The second-order valence-corrected chi connectivity index (χ2v) is 6.45. The summed E-state index contributed by atoms with van der Waals surface area (Å²) in [6.45, 7) is 8.44. The van der Waals surface area contributed by atoms with Crippen LogP contribution in [0, 0.1) is 6.92 Å². The Bertz CT molecular complexity index is 367. The zero-order valence-electron chi connectivity index (χ0n) is 10.9. The first-order valence-corrected chi connectivity index (χ1v) is 7.24. The number of piperidine rings is 1. The Morgan fingerprint density at radius 1 is 1.47 bits per heavy atom. The van der Waals surface area contributed by atoms with Crippen LogP contribution in [0.1, 0.15) is 37.4 Å². The molecule has 0 spiro atoms. The third-order valence-electron chi connectivity index (χ3n) is 3.64. The Balaban J connectivity index is 1.93. The molecule has 0 bridgehead atoms. The zero-order valence-corrected chi connectivity index (χ0v) is 11.8. The molecule has 0 radical (unpaired) electrons. The molecule has 0 saturated carbocycles. The van der Waals surface area contributed by atoms with Crippen molar-refractivity contribution in [2.75, 3.05) is 13.1 Å². The largest absolute Gasteiger partial charge is 0.389 e. The Hall–Kier alpha value is -0.450. The standard InChI is InChI=1S/C13H22N2OS/c1-10(2)15-6-4-13(16,5-7-15)8-12-9-17-11(3)14-12/h9-10,16H,4-8H2,1-3H3. The van der Waals surface area contributed by atoms with Gasteiger partial charge in [-0.05, 0) is 33.6 Å². The molecule has 1 fully saturated rings. The van der Waals surface area contributed by atoms with E-state index in [2.05, 4.69) is 29.1 Å². The summed E-state index contributed by atoms with van der Waals surface area (Å²) in [5.41, 5.74) is 0.513. The second-order valence-electron chi connectivity index (χ2n) is 5.39. The molecule has 0 aliphatic carbocycles. The fourth-order valence-corrected chi connectivity index (χ4v) is 3.07. The number of thiazole rings is 1. The van der Waals surface area contributed by atoms with Gasteiger partial charge in [0.05, 0.1) is 16.3 Å². The van der Waals surface area contributed by atoms with Crippen LogP contribution < -0.4 is 0 Å². The lowest BCUT2D eigenvalue weighted by Gasteiger charge is -2.39. The van der Waals surface area contributed by atoms with Crippen molar-refractivity contribution in [1.82, 2.24) is 9.88 Å². The topological polar surface area (TPSA) is 36.4 Å². The fraction of sp³-hybridized carbons (Fsp3) is 0.769. The van der Waals surface area contributed by atoms with E-state index in [0.717, 1.165) is 36.6 Å². The van der Waals surface area contributed by atoms with Crippen LogP contribution in [-0.2, 0) is 6.42 Å². The van der Waals surface area contributed by atoms with Gasteiger partial charge in [-0.25, -0.2) is 4.98 Å². The molecule has 4 heteroatoms. The second kappa shape index (κ2) is 5.04. The van der Waals surface area contributed by atoms with Crippen LogP contribution in [0.25, 0.3) is 0 Å².